The summed E-state index contributed by atoms with van der Waals surface area (Å²) in [5.41, 5.74) is 3.15. The largest absolute Gasteiger partial charge is 1.00 e. The first-order chi connectivity index (χ1) is 8.83. The van der Waals surface area contributed by atoms with E-state index < -0.39 is 0 Å². The zero-order valence-electron chi connectivity index (χ0n) is 9.75. The molecule has 3 aromatic rings. The number of aromatic nitrogens is 2. The molecule has 0 unspecified atom stereocenters. The molecule has 96 valence electrons. The number of halogens is 2. The van der Waals surface area contributed by atoms with Gasteiger partial charge in [-0.15, -0.1) is 11.3 Å². The Hall–Kier alpha value is -1.23. The van der Waals surface area contributed by atoms with Crippen LogP contribution in [-0.2, 0) is 0 Å². The Morgan fingerprint density at radius 3 is 2.26 bits per heavy atom. The summed E-state index contributed by atoms with van der Waals surface area (Å²) in [6.45, 7) is 0. The first-order valence-corrected chi connectivity index (χ1v) is 6.70. The van der Waals surface area contributed by atoms with Crippen molar-refractivity contribution in [3.8, 4) is 21.8 Å². The Balaban J connectivity index is 0.00000133. The van der Waals surface area contributed by atoms with E-state index >= 15 is 0 Å². The van der Waals surface area contributed by atoms with E-state index in [0.29, 0.717) is 0 Å². The highest BCUT2D eigenvalue weighted by Gasteiger charge is 2.06. The van der Waals surface area contributed by atoms with Crippen LogP contribution in [0.15, 0.2) is 54.2 Å². The van der Waals surface area contributed by atoms with E-state index in [-0.39, 0.29) is 17.0 Å². The molecule has 0 aliphatic heterocycles. The summed E-state index contributed by atoms with van der Waals surface area (Å²) < 4.78 is 0. The van der Waals surface area contributed by atoms with Gasteiger partial charge < -0.3 is 17.0 Å². The van der Waals surface area contributed by atoms with Gasteiger partial charge in [0.2, 0.25) is 0 Å². The first-order valence-electron chi connectivity index (χ1n) is 5.45. The lowest BCUT2D eigenvalue weighted by molar-refractivity contribution is -0.00000346. The molecule has 0 radical (unpaired) electrons. The molecule has 0 aliphatic rings. The molecule has 3 rings (SSSR count). The Morgan fingerprint density at radius 1 is 0.895 bits per heavy atom. The Bertz CT molecular complexity index is 653. The summed E-state index contributed by atoms with van der Waals surface area (Å²) in [5.74, 6) is 0. The topological polar surface area (TPSA) is 25.8 Å². The summed E-state index contributed by atoms with van der Waals surface area (Å²) in [5, 5.41) is 3.80. The van der Waals surface area contributed by atoms with Gasteiger partial charge in [-0.3, -0.25) is 4.98 Å². The van der Waals surface area contributed by atoms with Gasteiger partial charge in [-0.05, 0) is 24.3 Å². The lowest BCUT2D eigenvalue weighted by Crippen LogP contribution is -3.00. The predicted molar refractivity (Wildman–Crippen MR) is 75.8 cm³/mol. The standard InChI is InChI=1S/C14H9ClN2S.BrH/c15-12-3-1-10(2-4-12)13-9-18-14(17-13)11-5-7-16-8-6-11;/h1-9H;1H/p-1. The van der Waals surface area contributed by atoms with Gasteiger partial charge in [0.1, 0.15) is 5.01 Å². The monoisotopic (exact) mass is 351 g/mol. The van der Waals surface area contributed by atoms with E-state index in [4.69, 9.17) is 11.6 Å². The molecule has 0 spiro atoms. The molecule has 0 atom stereocenters. The molecule has 2 nitrogen and oxygen atoms in total. The van der Waals surface area contributed by atoms with Crippen LogP contribution in [0.3, 0.4) is 0 Å². The van der Waals surface area contributed by atoms with Gasteiger partial charge in [0.25, 0.3) is 0 Å². The molecule has 0 fully saturated rings. The normalized spacial score (nSPS) is 9.95. The molecule has 2 aromatic heterocycles. The summed E-state index contributed by atoms with van der Waals surface area (Å²) in [4.78, 5) is 8.64. The molecule has 5 heteroatoms. The highest BCUT2D eigenvalue weighted by atomic mass is 79.9. The Labute approximate surface area is 130 Å². The van der Waals surface area contributed by atoms with Crippen LogP contribution in [0.2, 0.25) is 5.02 Å². The van der Waals surface area contributed by atoms with Crippen molar-refractivity contribution < 1.29 is 17.0 Å². The van der Waals surface area contributed by atoms with Crippen LogP contribution >= 0.6 is 22.9 Å². The van der Waals surface area contributed by atoms with Gasteiger partial charge in [0, 0.05) is 33.9 Å². The number of hydrogen-bond acceptors (Lipinski definition) is 3. The maximum absolute atomic E-state index is 5.88. The quantitative estimate of drug-likeness (QED) is 0.699. The minimum Gasteiger partial charge on any atom is -1.00 e. The van der Waals surface area contributed by atoms with Crippen molar-refractivity contribution in [2.24, 2.45) is 0 Å². The number of hydrogen-bond donors (Lipinski definition) is 0. The average molecular weight is 353 g/mol. The second kappa shape index (κ2) is 6.28. The highest BCUT2D eigenvalue weighted by molar-refractivity contribution is 7.13. The molecular formula is C14H9BrClN2S-. The van der Waals surface area contributed by atoms with Crippen molar-refractivity contribution >= 4 is 22.9 Å². The smallest absolute Gasteiger partial charge is 0.124 e. The fourth-order valence-electron chi connectivity index (χ4n) is 1.65. The number of benzene rings is 1. The van der Waals surface area contributed by atoms with Gasteiger partial charge in [-0.2, -0.15) is 0 Å². The van der Waals surface area contributed by atoms with Gasteiger partial charge in [0.05, 0.1) is 5.69 Å². The Kier molecular flexibility index (Phi) is 4.69. The maximum Gasteiger partial charge on any atom is 0.124 e. The number of nitrogens with zero attached hydrogens (tertiary/aromatic N) is 2. The van der Waals surface area contributed by atoms with E-state index in [2.05, 4.69) is 15.3 Å². The average Bonchev–Trinajstić information content (AvgIpc) is 2.90. The Morgan fingerprint density at radius 2 is 1.58 bits per heavy atom. The minimum atomic E-state index is 0. The summed E-state index contributed by atoms with van der Waals surface area (Å²) in [6, 6.07) is 11.6. The van der Waals surface area contributed by atoms with Gasteiger partial charge in [-0.25, -0.2) is 4.98 Å². The molecule has 0 saturated carbocycles. The lowest BCUT2D eigenvalue weighted by Gasteiger charge is -1.96. The van der Waals surface area contributed by atoms with Crippen LogP contribution in [-0.4, -0.2) is 9.97 Å². The summed E-state index contributed by atoms with van der Waals surface area (Å²) in [7, 11) is 0. The van der Waals surface area contributed by atoms with E-state index in [9.17, 15) is 0 Å². The van der Waals surface area contributed by atoms with Crippen molar-refractivity contribution in [1.29, 1.82) is 0 Å². The van der Waals surface area contributed by atoms with Crippen LogP contribution in [0, 0.1) is 0 Å². The summed E-state index contributed by atoms with van der Waals surface area (Å²) >= 11 is 7.51. The second-order valence-corrected chi connectivity index (χ2v) is 5.08. The maximum atomic E-state index is 5.88. The van der Waals surface area contributed by atoms with Crippen LogP contribution in [0.4, 0.5) is 0 Å². The molecule has 0 amide bonds. The summed E-state index contributed by atoms with van der Waals surface area (Å²) in [6.07, 6.45) is 3.55. The molecule has 1 aromatic carbocycles. The third-order valence-corrected chi connectivity index (χ3v) is 3.71. The van der Waals surface area contributed by atoms with Crippen molar-refractivity contribution in [3.63, 3.8) is 0 Å². The van der Waals surface area contributed by atoms with E-state index in [1.807, 2.05) is 36.4 Å². The third-order valence-electron chi connectivity index (χ3n) is 2.57. The molecule has 19 heavy (non-hydrogen) atoms. The fourth-order valence-corrected chi connectivity index (χ4v) is 2.62. The van der Waals surface area contributed by atoms with Crippen molar-refractivity contribution in [3.05, 3.63) is 59.2 Å². The van der Waals surface area contributed by atoms with E-state index in [1.165, 1.54) is 0 Å². The zero-order chi connectivity index (χ0) is 12.4. The molecule has 0 bridgehead atoms. The minimum absolute atomic E-state index is 0. The van der Waals surface area contributed by atoms with Crippen LogP contribution in [0.1, 0.15) is 0 Å². The molecular weight excluding hydrogens is 344 g/mol. The van der Waals surface area contributed by atoms with Crippen LogP contribution in [0.5, 0.6) is 0 Å². The van der Waals surface area contributed by atoms with Crippen molar-refractivity contribution in [2.45, 2.75) is 0 Å². The number of rotatable bonds is 2. The first kappa shape index (κ1) is 14.2. The van der Waals surface area contributed by atoms with Crippen molar-refractivity contribution in [2.75, 3.05) is 0 Å². The molecule has 2 heterocycles. The van der Waals surface area contributed by atoms with Gasteiger partial charge in [-0.1, -0.05) is 23.7 Å². The predicted octanol–water partition coefficient (Wildman–Crippen LogP) is 1.53. The van der Waals surface area contributed by atoms with Crippen LogP contribution < -0.4 is 17.0 Å². The van der Waals surface area contributed by atoms with Gasteiger partial charge >= 0.3 is 0 Å². The molecule has 0 saturated heterocycles. The lowest BCUT2D eigenvalue weighted by atomic mass is 10.2. The highest BCUT2D eigenvalue weighted by Crippen LogP contribution is 2.28. The van der Waals surface area contributed by atoms with Crippen molar-refractivity contribution in [1.82, 2.24) is 9.97 Å². The fraction of sp³-hybridized carbons (Fsp3) is 0. The van der Waals surface area contributed by atoms with Crippen LogP contribution in [0.25, 0.3) is 21.8 Å². The number of thiazole rings is 1. The second-order valence-electron chi connectivity index (χ2n) is 3.78. The van der Waals surface area contributed by atoms with Gasteiger partial charge in [0.15, 0.2) is 0 Å². The van der Waals surface area contributed by atoms with E-state index in [0.717, 1.165) is 26.9 Å². The third kappa shape index (κ3) is 3.21. The molecule has 0 N–H and O–H groups in total. The zero-order valence-corrected chi connectivity index (χ0v) is 12.9. The SMILES string of the molecule is Clc1ccc(-c2csc(-c3ccncc3)n2)cc1.[Br-]. The van der Waals surface area contributed by atoms with E-state index in [1.54, 1.807) is 23.7 Å². The number of pyridine rings is 1. The molecule has 0 aliphatic carbocycles.